The molecule has 126 valence electrons. The molecule has 0 radical (unpaired) electrons. The first kappa shape index (κ1) is 14.3. The summed E-state index contributed by atoms with van der Waals surface area (Å²) in [6.07, 6.45) is 10.7. The zero-order valence-electron chi connectivity index (χ0n) is 14.0. The number of rotatable bonds is 4. The van der Waals surface area contributed by atoms with Crippen LogP contribution in [0.15, 0.2) is 18.5 Å². The Morgan fingerprint density at radius 1 is 0.958 bits per heavy atom. The summed E-state index contributed by atoms with van der Waals surface area (Å²) in [5, 5.41) is 14.0. The van der Waals surface area contributed by atoms with Gasteiger partial charge in [-0.1, -0.05) is 0 Å². The predicted molar refractivity (Wildman–Crippen MR) is 93.1 cm³/mol. The molecule has 6 rings (SSSR count). The third-order valence-corrected chi connectivity index (χ3v) is 6.14. The molecule has 2 aromatic rings. The smallest absolute Gasteiger partial charge is 0.153 e. The Morgan fingerprint density at radius 3 is 2.33 bits per heavy atom. The first-order valence-electron chi connectivity index (χ1n) is 9.10. The highest BCUT2D eigenvalue weighted by atomic mass is 15.2. The molecule has 4 bridgehead atoms. The standard InChI is InChI=1S/C18H24N6/c1-10-2-15(24-23-10)20-16-8-19-9-17(21-16)22-18-13-4-11-3-12(6-13)7-14(18)5-11/h2,8-9,11-14,18H,3-7H2,1H3,(H3,20,21,22,23,24). The molecule has 4 fully saturated rings. The van der Waals surface area contributed by atoms with Gasteiger partial charge in [0.25, 0.3) is 0 Å². The molecule has 2 heterocycles. The number of aromatic nitrogens is 4. The highest BCUT2D eigenvalue weighted by Gasteiger charge is 2.48. The molecule has 0 aliphatic heterocycles. The number of aryl methyl sites for hydroxylation is 1. The van der Waals surface area contributed by atoms with Crippen LogP contribution in [0.1, 0.15) is 37.8 Å². The lowest BCUT2D eigenvalue weighted by Gasteiger charge is -2.54. The molecule has 3 N–H and O–H groups in total. The maximum Gasteiger partial charge on any atom is 0.153 e. The van der Waals surface area contributed by atoms with Gasteiger partial charge in [-0.15, -0.1) is 0 Å². The van der Waals surface area contributed by atoms with E-state index < -0.39 is 0 Å². The summed E-state index contributed by atoms with van der Waals surface area (Å²) >= 11 is 0. The molecular weight excluding hydrogens is 300 g/mol. The van der Waals surface area contributed by atoms with Gasteiger partial charge >= 0.3 is 0 Å². The zero-order valence-corrected chi connectivity index (χ0v) is 14.0. The number of H-pyrrole nitrogens is 1. The number of hydrogen-bond acceptors (Lipinski definition) is 5. The van der Waals surface area contributed by atoms with E-state index >= 15 is 0 Å². The Balaban J connectivity index is 1.32. The van der Waals surface area contributed by atoms with Crippen LogP contribution < -0.4 is 10.6 Å². The summed E-state index contributed by atoms with van der Waals surface area (Å²) in [6.45, 7) is 1.98. The summed E-state index contributed by atoms with van der Waals surface area (Å²) in [7, 11) is 0. The van der Waals surface area contributed by atoms with Gasteiger partial charge in [0, 0.05) is 17.8 Å². The minimum absolute atomic E-state index is 0.579. The molecule has 24 heavy (non-hydrogen) atoms. The fourth-order valence-corrected chi connectivity index (χ4v) is 5.44. The van der Waals surface area contributed by atoms with E-state index in [0.717, 1.165) is 46.8 Å². The summed E-state index contributed by atoms with van der Waals surface area (Å²) in [4.78, 5) is 9.04. The van der Waals surface area contributed by atoms with E-state index in [1.165, 1.54) is 32.1 Å². The van der Waals surface area contributed by atoms with Gasteiger partial charge in [0.2, 0.25) is 0 Å². The molecule has 6 nitrogen and oxygen atoms in total. The fraction of sp³-hybridized carbons (Fsp3) is 0.611. The Labute approximate surface area is 141 Å². The monoisotopic (exact) mass is 324 g/mol. The summed E-state index contributed by atoms with van der Waals surface area (Å²) in [6, 6.07) is 2.54. The molecule has 0 aromatic carbocycles. The van der Waals surface area contributed by atoms with Crippen LogP contribution in [0.5, 0.6) is 0 Å². The van der Waals surface area contributed by atoms with Gasteiger partial charge in [-0.25, -0.2) is 4.98 Å². The van der Waals surface area contributed by atoms with E-state index in [0.29, 0.717) is 6.04 Å². The molecule has 0 saturated heterocycles. The van der Waals surface area contributed by atoms with Crippen LogP contribution in [-0.2, 0) is 0 Å². The number of aromatic amines is 1. The highest BCUT2D eigenvalue weighted by Crippen LogP contribution is 2.54. The second kappa shape index (κ2) is 5.46. The van der Waals surface area contributed by atoms with Crippen molar-refractivity contribution in [3.8, 4) is 0 Å². The van der Waals surface area contributed by atoms with E-state index in [4.69, 9.17) is 4.98 Å². The average molecular weight is 324 g/mol. The number of nitrogens with zero attached hydrogens (tertiary/aromatic N) is 3. The zero-order chi connectivity index (χ0) is 16.1. The molecule has 4 aliphatic carbocycles. The lowest BCUT2D eigenvalue weighted by Crippen LogP contribution is -2.51. The molecule has 0 spiro atoms. The highest BCUT2D eigenvalue weighted by molar-refractivity contribution is 5.53. The van der Waals surface area contributed by atoms with Crippen molar-refractivity contribution in [3.63, 3.8) is 0 Å². The Bertz CT molecular complexity index is 711. The number of anilines is 3. The molecule has 0 atom stereocenters. The van der Waals surface area contributed by atoms with Gasteiger partial charge in [-0.3, -0.25) is 10.1 Å². The summed E-state index contributed by atoms with van der Waals surface area (Å²) in [5.74, 6) is 6.02. The molecule has 0 unspecified atom stereocenters. The van der Waals surface area contributed by atoms with Crippen LogP contribution in [0.25, 0.3) is 0 Å². The van der Waals surface area contributed by atoms with Gasteiger partial charge in [-0.2, -0.15) is 5.10 Å². The van der Waals surface area contributed by atoms with Crippen molar-refractivity contribution in [2.24, 2.45) is 23.7 Å². The van der Waals surface area contributed by atoms with Gasteiger partial charge in [0.05, 0.1) is 12.4 Å². The number of hydrogen-bond donors (Lipinski definition) is 3. The average Bonchev–Trinajstić information content (AvgIpc) is 2.95. The topological polar surface area (TPSA) is 78.5 Å². The Hall–Kier alpha value is -2.11. The fourth-order valence-electron chi connectivity index (χ4n) is 5.44. The van der Waals surface area contributed by atoms with Crippen molar-refractivity contribution < 1.29 is 0 Å². The predicted octanol–water partition coefficient (Wildman–Crippen LogP) is 3.49. The molecule has 4 aliphatic rings. The van der Waals surface area contributed by atoms with Gasteiger partial charge in [0.1, 0.15) is 5.82 Å². The maximum atomic E-state index is 4.69. The van der Waals surface area contributed by atoms with Crippen LogP contribution in [0.4, 0.5) is 17.5 Å². The summed E-state index contributed by atoms with van der Waals surface area (Å²) < 4.78 is 0. The first-order chi connectivity index (χ1) is 11.7. The van der Waals surface area contributed by atoms with Gasteiger partial charge < -0.3 is 10.6 Å². The van der Waals surface area contributed by atoms with E-state index in [9.17, 15) is 0 Å². The van der Waals surface area contributed by atoms with Crippen LogP contribution in [-0.4, -0.2) is 26.2 Å². The van der Waals surface area contributed by atoms with E-state index in [2.05, 4.69) is 25.8 Å². The molecule has 2 aromatic heterocycles. The van der Waals surface area contributed by atoms with E-state index in [1.54, 1.807) is 6.20 Å². The van der Waals surface area contributed by atoms with Crippen molar-refractivity contribution in [3.05, 3.63) is 24.2 Å². The minimum Gasteiger partial charge on any atom is -0.365 e. The van der Waals surface area contributed by atoms with Crippen molar-refractivity contribution >= 4 is 17.5 Å². The van der Waals surface area contributed by atoms with E-state index in [1.807, 2.05) is 19.2 Å². The number of nitrogens with one attached hydrogen (secondary N) is 3. The Morgan fingerprint density at radius 2 is 1.67 bits per heavy atom. The van der Waals surface area contributed by atoms with Crippen LogP contribution in [0, 0.1) is 30.6 Å². The largest absolute Gasteiger partial charge is 0.365 e. The maximum absolute atomic E-state index is 4.69. The quantitative estimate of drug-likeness (QED) is 0.802. The molecule has 0 amide bonds. The van der Waals surface area contributed by atoms with Gasteiger partial charge in [0.15, 0.2) is 11.6 Å². The van der Waals surface area contributed by atoms with Crippen LogP contribution in [0.3, 0.4) is 0 Å². The third kappa shape index (κ3) is 2.54. The van der Waals surface area contributed by atoms with Crippen LogP contribution in [0.2, 0.25) is 0 Å². The van der Waals surface area contributed by atoms with Crippen molar-refractivity contribution in [1.29, 1.82) is 0 Å². The Kier molecular flexibility index (Phi) is 3.24. The first-order valence-corrected chi connectivity index (χ1v) is 9.10. The van der Waals surface area contributed by atoms with Crippen molar-refractivity contribution in [2.45, 2.75) is 45.1 Å². The van der Waals surface area contributed by atoms with Crippen molar-refractivity contribution in [1.82, 2.24) is 20.2 Å². The second-order valence-corrected chi connectivity index (χ2v) is 7.95. The lowest BCUT2D eigenvalue weighted by molar-refractivity contribution is 0.00741. The third-order valence-electron chi connectivity index (χ3n) is 6.14. The van der Waals surface area contributed by atoms with Gasteiger partial charge in [-0.05, 0) is 62.7 Å². The minimum atomic E-state index is 0.579. The molecule has 4 saturated carbocycles. The van der Waals surface area contributed by atoms with E-state index in [-0.39, 0.29) is 0 Å². The second-order valence-electron chi connectivity index (χ2n) is 7.95. The molecular formula is C18H24N6. The SMILES string of the molecule is Cc1cc(Nc2cncc(NC3C4CC5CC(C4)CC3C5)n2)n[nH]1. The lowest BCUT2D eigenvalue weighted by atomic mass is 9.54. The normalized spacial score (nSPS) is 33.6. The van der Waals surface area contributed by atoms with Crippen molar-refractivity contribution in [2.75, 3.05) is 10.6 Å². The van der Waals surface area contributed by atoms with Crippen LogP contribution >= 0.6 is 0 Å². The summed E-state index contributed by atoms with van der Waals surface area (Å²) in [5.41, 5.74) is 1.02. The molecule has 6 heteroatoms.